The van der Waals surface area contributed by atoms with Crippen molar-refractivity contribution in [3.05, 3.63) is 59.4 Å². The van der Waals surface area contributed by atoms with Gasteiger partial charge in [0.1, 0.15) is 5.69 Å². The van der Waals surface area contributed by atoms with Crippen LogP contribution in [0, 0.1) is 11.6 Å². The van der Waals surface area contributed by atoms with Gasteiger partial charge in [-0.05, 0) is 42.7 Å². The molecule has 3 rings (SSSR count). The molecule has 3 nitrogen and oxygen atoms in total. The van der Waals surface area contributed by atoms with Crippen molar-refractivity contribution in [3.63, 3.8) is 0 Å². The Morgan fingerprint density at radius 1 is 1.25 bits per heavy atom. The lowest BCUT2D eigenvalue weighted by atomic mass is 10.2. The van der Waals surface area contributed by atoms with Crippen molar-refractivity contribution < 1.29 is 13.6 Å². The zero-order valence-corrected chi connectivity index (χ0v) is 10.8. The molecule has 0 saturated heterocycles. The van der Waals surface area contributed by atoms with Crippen molar-refractivity contribution in [2.24, 2.45) is 0 Å². The van der Waals surface area contributed by atoms with Gasteiger partial charge in [0.2, 0.25) is 0 Å². The fraction of sp³-hybridized carbons (Fsp3) is 0.267. The van der Waals surface area contributed by atoms with Crippen LogP contribution in [-0.4, -0.2) is 10.5 Å². The average molecular weight is 276 g/mol. The first-order chi connectivity index (χ1) is 9.65. The number of carbonyl (C=O) groups is 1. The highest BCUT2D eigenvalue weighted by Gasteiger charge is 2.26. The fourth-order valence-electron chi connectivity index (χ4n) is 2.18. The van der Waals surface area contributed by atoms with Gasteiger partial charge in [-0.1, -0.05) is 6.07 Å². The van der Waals surface area contributed by atoms with Gasteiger partial charge in [0, 0.05) is 18.8 Å². The molecule has 1 aromatic heterocycles. The second-order valence-electron chi connectivity index (χ2n) is 4.96. The van der Waals surface area contributed by atoms with Gasteiger partial charge in [-0.15, -0.1) is 0 Å². The van der Waals surface area contributed by atoms with E-state index in [2.05, 4.69) is 5.32 Å². The van der Waals surface area contributed by atoms with Crippen molar-refractivity contribution >= 4 is 5.91 Å². The summed E-state index contributed by atoms with van der Waals surface area (Å²) in [5, 5.41) is 2.72. The molecule has 0 atom stereocenters. The minimum Gasteiger partial charge on any atom is -0.347 e. The largest absolute Gasteiger partial charge is 0.347 e. The predicted octanol–water partition coefficient (Wildman–Crippen LogP) is 3.03. The molecule has 20 heavy (non-hydrogen) atoms. The molecule has 1 fully saturated rings. The normalized spacial score (nSPS) is 14.3. The number of halogens is 2. The minimum atomic E-state index is -0.905. The topological polar surface area (TPSA) is 34.0 Å². The maximum atomic E-state index is 13.1. The van der Waals surface area contributed by atoms with Gasteiger partial charge < -0.3 is 9.88 Å². The van der Waals surface area contributed by atoms with Crippen LogP contribution >= 0.6 is 0 Å². The molecule has 0 aliphatic heterocycles. The van der Waals surface area contributed by atoms with E-state index in [-0.39, 0.29) is 12.5 Å². The van der Waals surface area contributed by atoms with Crippen LogP contribution in [0.4, 0.5) is 8.78 Å². The Kier molecular flexibility index (Phi) is 3.26. The summed E-state index contributed by atoms with van der Waals surface area (Å²) < 4.78 is 27.8. The highest BCUT2D eigenvalue weighted by atomic mass is 19.2. The summed E-state index contributed by atoms with van der Waals surface area (Å²) in [4.78, 5) is 12.1. The first-order valence-corrected chi connectivity index (χ1v) is 6.54. The first kappa shape index (κ1) is 12.8. The highest BCUT2D eigenvalue weighted by Crippen LogP contribution is 2.35. The maximum absolute atomic E-state index is 13.1. The lowest BCUT2D eigenvalue weighted by Gasteiger charge is -2.09. The quantitative estimate of drug-likeness (QED) is 0.915. The summed E-state index contributed by atoms with van der Waals surface area (Å²) >= 11 is 0. The standard InChI is InChI=1S/C15H14F2N2O/c16-12-6-3-10(8-13(12)17)9-18-15(20)14-2-1-7-19(14)11-4-5-11/h1-3,6-8,11H,4-5,9H2,(H,18,20). The summed E-state index contributed by atoms with van der Waals surface area (Å²) in [5.41, 5.74) is 1.14. The SMILES string of the molecule is O=C(NCc1ccc(F)c(F)c1)c1cccn1C1CC1. The van der Waals surface area contributed by atoms with Gasteiger partial charge in [-0.25, -0.2) is 8.78 Å². The molecule has 1 aliphatic rings. The van der Waals surface area contributed by atoms with Crippen LogP contribution in [0.5, 0.6) is 0 Å². The zero-order valence-electron chi connectivity index (χ0n) is 10.8. The summed E-state index contributed by atoms with van der Waals surface area (Å²) in [5.74, 6) is -1.99. The molecule has 2 aromatic rings. The van der Waals surface area contributed by atoms with Gasteiger partial charge in [-0.3, -0.25) is 4.79 Å². The molecule has 1 N–H and O–H groups in total. The number of hydrogen-bond donors (Lipinski definition) is 1. The van der Waals surface area contributed by atoms with Crippen molar-refractivity contribution in [3.8, 4) is 0 Å². The molecule has 1 aromatic carbocycles. The fourth-order valence-corrected chi connectivity index (χ4v) is 2.18. The number of rotatable bonds is 4. The molecule has 1 amide bonds. The van der Waals surface area contributed by atoms with E-state index in [4.69, 9.17) is 0 Å². The summed E-state index contributed by atoms with van der Waals surface area (Å²) in [6, 6.07) is 7.63. The molecular formula is C15H14F2N2O. The van der Waals surface area contributed by atoms with Crippen molar-refractivity contribution in [1.82, 2.24) is 9.88 Å². The smallest absolute Gasteiger partial charge is 0.268 e. The number of carbonyl (C=O) groups excluding carboxylic acids is 1. The Morgan fingerprint density at radius 3 is 2.75 bits per heavy atom. The average Bonchev–Trinajstić information content (AvgIpc) is 3.17. The van der Waals surface area contributed by atoms with Crippen LogP contribution in [0.3, 0.4) is 0 Å². The minimum absolute atomic E-state index is 0.172. The Morgan fingerprint density at radius 2 is 2.05 bits per heavy atom. The predicted molar refractivity (Wildman–Crippen MR) is 70.2 cm³/mol. The van der Waals surface area contributed by atoms with Crippen LogP contribution in [0.25, 0.3) is 0 Å². The molecule has 5 heteroatoms. The number of amides is 1. The highest BCUT2D eigenvalue weighted by molar-refractivity contribution is 5.92. The van der Waals surface area contributed by atoms with E-state index in [9.17, 15) is 13.6 Å². The van der Waals surface area contributed by atoms with Gasteiger partial charge in [0.05, 0.1) is 0 Å². The number of benzene rings is 1. The van der Waals surface area contributed by atoms with Gasteiger partial charge in [0.15, 0.2) is 11.6 Å². The van der Waals surface area contributed by atoms with E-state index in [1.54, 1.807) is 6.07 Å². The monoisotopic (exact) mass is 276 g/mol. The van der Waals surface area contributed by atoms with Crippen LogP contribution < -0.4 is 5.32 Å². The van der Waals surface area contributed by atoms with Gasteiger partial charge in [0.25, 0.3) is 5.91 Å². The Hall–Kier alpha value is -2.17. The maximum Gasteiger partial charge on any atom is 0.268 e. The van der Waals surface area contributed by atoms with Crippen molar-refractivity contribution in [2.45, 2.75) is 25.4 Å². The summed E-state index contributed by atoms with van der Waals surface area (Å²) in [6.07, 6.45) is 4.08. The Bertz CT molecular complexity index is 647. The molecule has 1 aliphatic carbocycles. The van der Waals surface area contributed by atoms with Crippen LogP contribution in [0.15, 0.2) is 36.5 Å². The van der Waals surface area contributed by atoms with E-state index >= 15 is 0 Å². The first-order valence-electron chi connectivity index (χ1n) is 6.54. The van der Waals surface area contributed by atoms with E-state index in [1.165, 1.54) is 6.07 Å². The third-order valence-electron chi connectivity index (χ3n) is 3.39. The lowest BCUT2D eigenvalue weighted by Crippen LogP contribution is -2.25. The molecule has 0 radical (unpaired) electrons. The number of aromatic nitrogens is 1. The van der Waals surface area contributed by atoms with E-state index in [1.807, 2.05) is 16.8 Å². The Labute approximate surface area is 115 Å². The zero-order chi connectivity index (χ0) is 14.1. The molecule has 104 valence electrons. The van der Waals surface area contributed by atoms with Crippen LogP contribution in [0.1, 0.15) is 34.9 Å². The third-order valence-corrected chi connectivity index (χ3v) is 3.39. The van der Waals surface area contributed by atoms with E-state index in [0.29, 0.717) is 17.3 Å². The third kappa shape index (κ3) is 2.57. The molecule has 1 heterocycles. The van der Waals surface area contributed by atoms with Crippen LogP contribution in [0.2, 0.25) is 0 Å². The molecule has 0 spiro atoms. The summed E-state index contributed by atoms with van der Waals surface area (Å²) in [7, 11) is 0. The molecular weight excluding hydrogens is 262 g/mol. The molecule has 1 saturated carbocycles. The second-order valence-corrected chi connectivity index (χ2v) is 4.96. The van der Waals surface area contributed by atoms with E-state index in [0.717, 1.165) is 25.0 Å². The van der Waals surface area contributed by atoms with Gasteiger partial charge in [-0.2, -0.15) is 0 Å². The number of nitrogens with one attached hydrogen (secondary N) is 1. The molecule has 0 bridgehead atoms. The number of nitrogens with zero attached hydrogens (tertiary/aromatic N) is 1. The van der Waals surface area contributed by atoms with Crippen molar-refractivity contribution in [2.75, 3.05) is 0 Å². The second kappa shape index (κ2) is 5.07. The van der Waals surface area contributed by atoms with E-state index < -0.39 is 11.6 Å². The molecule has 0 unspecified atom stereocenters. The van der Waals surface area contributed by atoms with Crippen LogP contribution in [-0.2, 0) is 6.54 Å². The number of hydrogen-bond acceptors (Lipinski definition) is 1. The lowest BCUT2D eigenvalue weighted by molar-refractivity contribution is 0.0941. The van der Waals surface area contributed by atoms with Crippen molar-refractivity contribution in [1.29, 1.82) is 0 Å². The summed E-state index contributed by atoms with van der Waals surface area (Å²) in [6.45, 7) is 0.172. The van der Waals surface area contributed by atoms with Gasteiger partial charge >= 0.3 is 0 Å². The Balaban J connectivity index is 1.66.